The molecule has 0 spiro atoms. The molecule has 1 aromatic heterocycles. The second-order valence-corrected chi connectivity index (χ2v) is 7.24. The van der Waals surface area contributed by atoms with Gasteiger partial charge in [0, 0.05) is 31.5 Å². The number of benzene rings is 3. The van der Waals surface area contributed by atoms with Crippen LogP contribution in [0.3, 0.4) is 0 Å². The summed E-state index contributed by atoms with van der Waals surface area (Å²) in [5.41, 5.74) is 4.58. The summed E-state index contributed by atoms with van der Waals surface area (Å²) in [6.07, 6.45) is 0. The van der Waals surface area contributed by atoms with Gasteiger partial charge in [-0.25, -0.2) is 4.98 Å². The molecule has 0 unspecified atom stereocenters. The molecule has 0 fully saturated rings. The molecular weight excluding hydrogens is 374 g/mol. The van der Waals surface area contributed by atoms with Crippen molar-refractivity contribution in [3.8, 4) is 5.69 Å². The highest BCUT2D eigenvalue weighted by molar-refractivity contribution is 5.97. The van der Waals surface area contributed by atoms with Crippen LogP contribution in [0, 0.1) is 6.92 Å². The molecule has 5 heteroatoms. The van der Waals surface area contributed by atoms with E-state index in [9.17, 15) is 4.79 Å². The van der Waals surface area contributed by atoms with Gasteiger partial charge in [-0.1, -0.05) is 48.5 Å². The molecule has 0 saturated carbocycles. The van der Waals surface area contributed by atoms with E-state index < -0.39 is 0 Å². The molecule has 1 heterocycles. The van der Waals surface area contributed by atoms with E-state index in [0.29, 0.717) is 25.3 Å². The third kappa shape index (κ3) is 4.11. The molecule has 0 bridgehead atoms. The van der Waals surface area contributed by atoms with Crippen molar-refractivity contribution in [3.63, 3.8) is 0 Å². The normalized spacial score (nSPS) is 11.0. The Morgan fingerprint density at radius 1 is 1.00 bits per heavy atom. The Hall–Kier alpha value is -3.44. The molecule has 3 aromatic carbocycles. The van der Waals surface area contributed by atoms with E-state index >= 15 is 0 Å². The minimum absolute atomic E-state index is 0.0234. The van der Waals surface area contributed by atoms with Gasteiger partial charge in [0.2, 0.25) is 0 Å². The summed E-state index contributed by atoms with van der Waals surface area (Å²) in [5.74, 6) is 0.867. The van der Waals surface area contributed by atoms with E-state index in [0.717, 1.165) is 28.1 Å². The molecule has 5 nitrogen and oxygen atoms in total. The molecular formula is C25H25N3O2. The number of hydrogen-bond acceptors (Lipinski definition) is 3. The van der Waals surface area contributed by atoms with Gasteiger partial charge in [0.05, 0.1) is 17.6 Å². The van der Waals surface area contributed by atoms with E-state index in [2.05, 4.69) is 16.7 Å². The number of aromatic nitrogens is 2. The van der Waals surface area contributed by atoms with Crippen LogP contribution < -0.4 is 0 Å². The SMILES string of the molecule is COCCN(Cc1ccccc1)C(=O)c1ccc2c(c1)nc(C)n2-c1ccccc1. The van der Waals surface area contributed by atoms with Gasteiger partial charge in [-0.3, -0.25) is 9.36 Å². The third-order valence-electron chi connectivity index (χ3n) is 5.15. The third-order valence-corrected chi connectivity index (χ3v) is 5.15. The van der Waals surface area contributed by atoms with E-state index in [1.807, 2.05) is 78.6 Å². The van der Waals surface area contributed by atoms with Crippen molar-refractivity contribution < 1.29 is 9.53 Å². The number of para-hydroxylation sites is 1. The van der Waals surface area contributed by atoms with E-state index in [-0.39, 0.29) is 5.91 Å². The van der Waals surface area contributed by atoms with Crippen molar-refractivity contribution in [1.82, 2.24) is 14.5 Å². The lowest BCUT2D eigenvalue weighted by Crippen LogP contribution is -2.33. The van der Waals surface area contributed by atoms with Gasteiger partial charge in [-0.2, -0.15) is 0 Å². The van der Waals surface area contributed by atoms with Crippen molar-refractivity contribution in [2.24, 2.45) is 0 Å². The Bertz CT molecular complexity index is 1140. The monoisotopic (exact) mass is 399 g/mol. The average molecular weight is 399 g/mol. The highest BCUT2D eigenvalue weighted by Gasteiger charge is 2.18. The van der Waals surface area contributed by atoms with Gasteiger partial charge in [-0.05, 0) is 42.8 Å². The fraction of sp³-hybridized carbons (Fsp3) is 0.200. The summed E-state index contributed by atoms with van der Waals surface area (Å²) in [6.45, 7) is 3.54. The zero-order chi connectivity index (χ0) is 20.9. The topological polar surface area (TPSA) is 47.4 Å². The lowest BCUT2D eigenvalue weighted by Gasteiger charge is -2.22. The van der Waals surface area contributed by atoms with Crippen LogP contribution >= 0.6 is 0 Å². The Balaban J connectivity index is 1.66. The highest BCUT2D eigenvalue weighted by atomic mass is 16.5. The Morgan fingerprint density at radius 2 is 1.70 bits per heavy atom. The molecule has 0 atom stereocenters. The second-order valence-electron chi connectivity index (χ2n) is 7.24. The van der Waals surface area contributed by atoms with Crippen molar-refractivity contribution >= 4 is 16.9 Å². The average Bonchev–Trinajstić information content (AvgIpc) is 3.12. The first kappa shape index (κ1) is 19.9. The summed E-state index contributed by atoms with van der Waals surface area (Å²) in [4.78, 5) is 19.8. The maximum atomic E-state index is 13.3. The van der Waals surface area contributed by atoms with Gasteiger partial charge in [0.1, 0.15) is 5.82 Å². The van der Waals surface area contributed by atoms with E-state index in [4.69, 9.17) is 9.72 Å². The first-order valence-electron chi connectivity index (χ1n) is 10.0. The van der Waals surface area contributed by atoms with Gasteiger partial charge >= 0.3 is 0 Å². The first-order chi connectivity index (χ1) is 14.7. The summed E-state index contributed by atoms with van der Waals surface area (Å²) >= 11 is 0. The maximum Gasteiger partial charge on any atom is 0.254 e. The Kier molecular flexibility index (Phi) is 5.91. The standard InChI is InChI=1S/C25H25N3O2/c1-19-26-23-17-21(13-14-24(23)28(19)22-11-7-4-8-12-22)25(29)27(15-16-30-2)18-20-9-5-3-6-10-20/h3-14,17H,15-16,18H2,1-2H3. The van der Waals surface area contributed by atoms with Crippen LogP contribution in [-0.2, 0) is 11.3 Å². The smallest absolute Gasteiger partial charge is 0.254 e. The van der Waals surface area contributed by atoms with Gasteiger partial charge < -0.3 is 9.64 Å². The Labute approximate surface area is 176 Å². The summed E-state index contributed by atoms with van der Waals surface area (Å²) < 4.78 is 7.33. The van der Waals surface area contributed by atoms with Crippen LogP contribution in [0.15, 0.2) is 78.9 Å². The van der Waals surface area contributed by atoms with Crippen LogP contribution in [0.4, 0.5) is 0 Å². The van der Waals surface area contributed by atoms with Crippen molar-refractivity contribution in [3.05, 3.63) is 95.8 Å². The molecule has 0 aliphatic heterocycles. The van der Waals surface area contributed by atoms with Crippen LogP contribution in [0.1, 0.15) is 21.7 Å². The number of imidazole rings is 1. The van der Waals surface area contributed by atoms with Gasteiger partial charge in [0.25, 0.3) is 5.91 Å². The predicted molar refractivity (Wildman–Crippen MR) is 119 cm³/mol. The minimum Gasteiger partial charge on any atom is -0.383 e. The molecule has 4 aromatic rings. The van der Waals surface area contributed by atoms with Crippen LogP contribution in [0.2, 0.25) is 0 Å². The molecule has 0 radical (unpaired) electrons. The summed E-state index contributed by atoms with van der Waals surface area (Å²) in [5, 5.41) is 0. The molecule has 0 aliphatic carbocycles. The number of carbonyl (C=O) groups is 1. The quantitative estimate of drug-likeness (QED) is 0.455. The summed E-state index contributed by atoms with van der Waals surface area (Å²) in [6, 6.07) is 25.9. The molecule has 0 aliphatic rings. The van der Waals surface area contributed by atoms with Gasteiger partial charge in [-0.15, -0.1) is 0 Å². The molecule has 4 rings (SSSR count). The fourth-order valence-electron chi connectivity index (χ4n) is 3.68. The summed E-state index contributed by atoms with van der Waals surface area (Å²) in [7, 11) is 1.65. The minimum atomic E-state index is -0.0234. The van der Waals surface area contributed by atoms with Crippen LogP contribution in [-0.4, -0.2) is 40.6 Å². The molecule has 0 N–H and O–H groups in total. The molecule has 1 amide bonds. The fourth-order valence-corrected chi connectivity index (χ4v) is 3.68. The number of carbonyl (C=O) groups excluding carboxylic acids is 1. The van der Waals surface area contributed by atoms with Gasteiger partial charge in [0.15, 0.2) is 0 Å². The highest BCUT2D eigenvalue weighted by Crippen LogP contribution is 2.23. The zero-order valence-electron chi connectivity index (χ0n) is 17.3. The number of aryl methyl sites for hydroxylation is 1. The predicted octanol–water partition coefficient (Wildman–Crippen LogP) is 4.62. The number of amides is 1. The lowest BCUT2D eigenvalue weighted by atomic mass is 10.1. The number of rotatable bonds is 7. The molecule has 0 saturated heterocycles. The number of fused-ring (bicyclic) bond motifs is 1. The number of hydrogen-bond donors (Lipinski definition) is 0. The van der Waals surface area contributed by atoms with Crippen molar-refractivity contribution in [2.75, 3.05) is 20.3 Å². The van der Waals surface area contributed by atoms with Crippen molar-refractivity contribution in [1.29, 1.82) is 0 Å². The number of ether oxygens (including phenoxy) is 1. The molecule has 152 valence electrons. The Morgan fingerprint density at radius 3 is 2.40 bits per heavy atom. The zero-order valence-corrected chi connectivity index (χ0v) is 17.3. The second kappa shape index (κ2) is 8.93. The van der Waals surface area contributed by atoms with Crippen LogP contribution in [0.5, 0.6) is 0 Å². The van der Waals surface area contributed by atoms with E-state index in [1.165, 1.54) is 0 Å². The van der Waals surface area contributed by atoms with Crippen LogP contribution in [0.25, 0.3) is 16.7 Å². The molecule has 30 heavy (non-hydrogen) atoms. The van der Waals surface area contributed by atoms with E-state index in [1.54, 1.807) is 7.11 Å². The largest absolute Gasteiger partial charge is 0.383 e. The maximum absolute atomic E-state index is 13.3. The number of methoxy groups -OCH3 is 1. The van der Waals surface area contributed by atoms with Crippen molar-refractivity contribution in [2.45, 2.75) is 13.5 Å². The lowest BCUT2D eigenvalue weighted by molar-refractivity contribution is 0.0680. The first-order valence-corrected chi connectivity index (χ1v) is 10.0. The number of nitrogens with zero attached hydrogens (tertiary/aromatic N) is 3.